The van der Waals surface area contributed by atoms with E-state index in [1.54, 1.807) is 0 Å². The highest BCUT2D eigenvalue weighted by Gasteiger charge is 2.24. The monoisotopic (exact) mass is 198 g/mol. The van der Waals surface area contributed by atoms with Crippen LogP contribution in [0.2, 0.25) is 0 Å². The van der Waals surface area contributed by atoms with Crippen LogP contribution in [-0.2, 0) is 0 Å². The van der Waals surface area contributed by atoms with Crippen LogP contribution in [0, 0.1) is 11.3 Å². The zero-order chi connectivity index (χ0) is 11.0. The summed E-state index contributed by atoms with van der Waals surface area (Å²) in [5.41, 5.74) is 0.559. The standard InChI is InChI=1S/C14H30/c1-6-8-9-10-12-14(4,5)13(3)11-7-2/h13H,6-12H2,1-5H3. The summed E-state index contributed by atoms with van der Waals surface area (Å²) in [6, 6.07) is 0. The van der Waals surface area contributed by atoms with Crippen molar-refractivity contribution >= 4 is 0 Å². The van der Waals surface area contributed by atoms with Gasteiger partial charge in [0.25, 0.3) is 0 Å². The molecule has 0 amide bonds. The van der Waals surface area contributed by atoms with E-state index in [9.17, 15) is 0 Å². The highest BCUT2D eigenvalue weighted by Crippen LogP contribution is 2.35. The maximum atomic E-state index is 2.44. The van der Waals surface area contributed by atoms with Crippen LogP contribution in [0.4, 0.5) is 0 Å². The summed E-state index contributed by atoms with van der Waals surface area (Å²) in [6.07, 6.45) is 9.76. The largest absolute Gasteiger partial charge is 0.0654 e. The minimum absolute atomic E-state index is 0.559. The van der Waals surface area contributed by atoms with E-state index in [0.29, 0.717) is 5.41 Å². The van der Waals surface area contributed by atoms with Gasteiger partial charge in [0, 0.05) is 0 Å². The molecule has 0 nitrogen and oxygen atoms in total. The van der Waals surface area contributed by atoms with Gasteiger partial charge < -0.3 is 0 Å². The Balaban J connectivity index is 3.69. The van der Waals surface area contributed by atoms with Gasteiger partial charge in [0.15, 0.2) is 0 Å². The second kappa shape index (κ2) is 7.31. The zero-order valence-electron chi connectivity index (χ0n) is 11.0. The molecule has 0 aliphatic rings. The second-order valence-corrected chi connectivity index (χ2v) is 5.49. The van der Waals surface area contributed by atoms with Crippen LogP contribution in [0.5, 0.6) is 0 Å². The van der Waals surface area contributed by atoms with Crippen LogP contribution < -0.4 is 0 Å². The lowest BCUT2D eigenvalue weighted by Gasteiger charge is -2.32. The Morgan fingerprint density at radius 3 is 2.07 bits per heavy atom. The summed E-state index contributed by atoms with van der Waals surface area (Å²) < 4.78 is 0. The second-order valence-electron chi connectivity index (χ2n) is 5.49. The molecule has 0 aliphatic heterocycles. The first-order chi connectivity index (χ1) is 6.54. The zero-order valence-corrected chi connectivity index (χ0v) is 11.0. The Morgan fingerprint density at radius 1 is 0.929 bits per heavy atom. The third-order valence-corrected chi connectivity index (χ3v) is 3.73. The summed E-state index contributed by atoms with van der Waals surface area (Å²) in [5, 5.41) is 0. The normalized spacial score (nSPS) is 14.4. The van der Waals surface area contributed by atoms with Gasteiger partial charge in [0.2, 0.25) is 0 Å². The van der Waals surface area contributed by atoms with Gasteiger partial charge in [-0.2, -0.15) is 0 Å². The van der Waals surface area contributed by atoms with E-state index in [4.69, 9.17) is 0 Å². The van der Waals surface area contributed by atoms with Crippen molar-refractivity contribution in [2.75, 3.05) is 0 Å². The number of unbranched alkanes of at least 4 members (excludes halogenated alkanes) is 3. The highest BCUT2D eigenvalue weighted by molar-refractivity contribution is 4.74. The van der Waals surface area contributed by atoms with Gasteiger partial charge >= 0.3 is 0 Å². The average molecular weight is 198 g/mol. The third-order valence-electron chi connectivity index (χ3n) is 3.73. The molecule has 86 valence electrons. The van der Waals surface area contributed by atoms with Crippen molar-refractivity contribution in [3.8, 4) is 0 Å². The molecule has 0 bridgehead atoms. The molecule has 0 saturated heterocycles. The highest BCUT2D eigenvalue weighted by atomic mass is 14.3. The summed E-state index contributed by atoms with van der Waals surface area (Å²) in [5.74, 6) is 0.883. The van der Waals surface area contributed by atoms with E-state index in [2.05, 4.69) is 34.6 Å². The van der Waals surface area contributed by atoms with E-state index in [0.717, 1.165) is 5.92 Å². The van der Waals surface area contributed by atoms with Crippen molar-refractivity contribution in [3.05, 3.63) is 0 Å². The molecule has 0 spiro atoms. The third kappa shape index (κ3) is 5.67. The molecular formula is C14H30. The molecule has 0 radical (unpaired) electrons. The molecule has 1 atom stereocenters. The first-order valence-corrected chi connectivity index (χ1v) is 6.54. The van der Waals surface area contributed by atoms with E-state index in [1.165, 1.54) is 44.9 Å². The molecule has 0 aromatic rings. The van der Waals surface area contributed by atoms with Crippen LogP contribution in [-0.4, -0.2) is 0 Å². The Labute approximate surface area is 91.5 Å². The topological polar surface area (TPSA) is 0 Å². The Morgan fingerprint density at radius 2 is 1.57 bits per heavy atom. The molecule has 0 aromatic carbocycles. The molecule has 0 heteroatoms. The fraction of sp³-hybridized carbons (Fsp3) is 1.00. The van der Waals surface area contributed by atoms with Gasteiger partial charge in [0.1, 0.15) is 0 Å². The van der Waals surface area contributed by atoms with Crippen molar-refractivity contribution in [1.82, 2.24) is 0 Å². The van der Waals surface area contributed by atoms with E-state index in [-0.39, 0.29) is 0 Å². The molecule has 0 heterocycles. The fourth-order valence-corrected chi connectivity index (χ4v) is 2.08. The Kier molecular flexibility index (Phi) is 7.31. The Hall–Kier alpha value is 0. The van der Waals surface area contributed by atoms with Crippen molar-refractivity contribution in [2.45, 2.75) is 79.6 Å². The SMILES string of the molecule is CCCCCCC(C)(C)C(C)CCC. The molecule has 0 saturated carbocycles. The van der Waals surface area contributed by atoms with E-state index in [1.807, 2.05) is 0 Å². The number of hydrogen-bond acceptors (Lipinski definition) is 0. The first kappa shape index (κ1) is 14.0. The van der Waals surface area contributed by atoms with Gasteiger partial charge in [-0.25, -0.2) is 0 Å². The summed E-state index contributed by atoms with van der Waals surface area (Å²) >= 11 is 0. The summed E-state index contributed by atoms with van der Waals surface area (Å²) in [6.45, 7) is 11.9. The molecule has 0 aliphatic carbocycles. The van der Waals surface area contributed by atoms with Gasteiger partial charge in [-0.05, 0) is 17.8 Å². The average Bonchev–Trinajstić information content (AvgIpc) is 2.13. The maximum absolute atomic E-state index is 2.44. The lowest BCUT2D eigenvalue weighted by atomic mass is 9.74. The van der Waals surface area contributed by atoms with Crippen molar-refractivity contribution < 1.29 is 0 Å². The predicted octanol–water partition coefficient (Wildman–Crippen LogP) is 5.42. The predicted molar refractivity (Wildman–Crippen MR) is 66.6 cm³/mol. The molecule has 0 aromatic heterocycles. The lowest BCUT2D eigenvalue weighted by Crippen LogP contribution is -2.21. The van der Waals surface area contributed by atoms with Gasteiger partial charge in [-0.3, -0.25) is 0 Å². The van der Waals surface area contributed by atoms with Gasteiger partial charge in [-0.1, -0.05) is 73.1 Å². The minimum atomic E-state index is 0.559. The number of hydrogen-bond donors (Lipinski definition) is 0. The summed E-state index contributed by atoms with van der Waals surface area (Å²) in [7, 11) is 0. The number of rotatable bonds is 8. The molecular weight excluding hydrogens is 168 g/mol. The molecule has 1 unspecified atom stereocenters. The first-order valence-electron chi connectivity index (χ1n) is 6.54. The van der Waals surface area contributed by atoms with Crippen LogP contribution in [0.15, 0.2) is 0 Å². The molecule has 0 fully saturated rings. The summed E-state index contributed by atoms with van der Waals surface area (Å²) in [4.78, 5) is 0. The Bertz CT molecular complexity index is 124. The van der Waals surface area contributed by atoms with Crippen LogP contribution >= 0.6 is 0 Å². The van der Waals surface area contributed by atoms with Gasteiger partial charge in [-0.15, -0.1) is 0 Å². The van der Waals surface area contributed by atoms with Crippen molar-refractivity contribution in [1.29, 1.82) is 0 Å². The quantitative estimate of drug-likeness (QED) is 0.457. The molecule has 0 rings (SSSR count). The smallest absolute Gasteiger partial charge is 0.0329 e. The minimum Gasteiger partial charge on any atom is -0.0654 e. The van der Waals surface area contributed by atoms with E-state index >= 15 is 0 Å². The van der Waals surface area contributed by atoms with Crippen molar-refractivity contribution in [2.24, 2.45) is 11.3 Å². The van der Waals surface area contributed by atoms with Crippen LogP contribution in [0.1, 0.15) is 79.6 Å². The van der Waals surface area contributed by atoms with E-state index < -0.39 is 0 Å². The van der Waals surface area contributed by atoms with Crippen LogP contribution in [0.3, 0.4) is 0 Å². The van der Waals surface area contributed by atoms with Crippen molar-refractivity contribution in [3.63, 3.8) is 0 Å². The van der Waals surface area contributed by atoms with Crippen LogP contribution in [0.25, 0.3) is 0 Å². The molecule has 0 N–H and O–H groups in total. The molecule has 14 heavy (non-hydrogen) atoms. The van der Waals surface area contributed by atoms with Gasteiger partial charge in [0.05, 0.1) is 0 Å². The fourth-order valence-electron chi connectivity index (χ4n) is 2.08. The maximum Gasteiger partial charge on any atom is -0.0329 e. The lowest BCUT2D eigenvalue weighted by molar-refractivity contribution is 0.192.